The first-order chi connectivity index (χ1) is 4.09. The molecule has 0 aliphatic rings. The van der Waals surface area contributed by atoms with Gasteiger partial charge < -0.3 is 10.8 Å². The summed E-state index contributed by atoms with van der Waals surface area (Å²) in [7, 11) is 0. The van der Waals surface area contributed by atoms with Gasteiger partial charge in [0.25, 0.3) is 0 Å². The smallest absolute Gasteiger partial charge is 0.0690 e. The number of aliphatic hydroxyl groups excluding tert-OH is 1. The van der Waals surface area contributed by atoms with E-state index in [4.69, 9.17) is 5.73 Å². The molecular weight excluding hydrogens is 114 g/mol. The van der Waals surface area contributed by atoms with E-state index in [0.717, 1.165) is 6.42 Å². The second-order valence-electron chi connectivity index (χ2n) is 2.80. The van der Waals surface area contributed by atoms with E-state index in [0.29, 0.717) is 5.92 Å². The predicted octanol–water partition coefficient (Wildman–Crippen LogP) is 0.741. The van der Waals surface area contributed by atoms with Gasteiger partial charge in [-0.2, -0.15) is 0 Å². The first kappa shape index (κ1) is 8.92. The molecule has 0 aromatic heterocycles. The molecule has 0 aromatic rings. The van der Waals surface area contributed by atoms with Gasteiger partial charge in [0.1, 0.15) is 0 Å². The monoisotopic (exact) mass is 131 g/mol. The highest BCUT2D eigenvalue weighted by molar-refractivity contribution is 4.72. The molecule has 0 aliphatic carbocycles. The van der Waals surface area contributed by atoms with Crippen LogP contribution in [0.3, 0.4) is 0 Å². The molecular formula is C7H17NO. The van der Waals surface area contributed by atoms with Crippen LogP contribution in [-0.2, 0) is 0 Å². The molecule has 0 fully saturated rings. The SMILES string of the molecule is CCC(O)C(N)C(C)C. The van der Waals surface area contributed by atoms with Gasteiger partial charge >= 0.3 is 0 Å². The molecule has 56 valence electrons. The zero-order valence-electron chi connectivity index (χ0n) is 6.46. The first-order valence-electron chi connectivity index (χ1n) is 3.53. The predicted molar refractivity (Wildman–Crippen MR) is 39.1 cm³/mol. The average Bonchev–Trinajstić information content (AvgIpc) is 1.84. The van der Waals surface area contributed by atoms with Crippen molar-refractivity contribution in [2.75, 3.05) is 0 Å². The Balaban J connectivity index is 3.58. The molecule has 2 unspecified atom stereocenters. The highest BCUT2D eigenvalue weighted by Crippen LogP contribution is 2.05. The van der Waals surface area contributed by atoms with Gasteiger partial charge in [0, 0.05) is 6.04 Å². The molecule has 2 atom stereocenters. The van der Waals surface area contributed by atoms with E-state index < -0.39 is 0 Å². The van der Waals surface area contributed by atoms with Crippen molar-refractivity contribution < 1.29 is 5.11 Å². The van der Waals surface area contributed by atoms with Gasteiger partial charge in [-0.05, 0) is 12.3 Å². The topological polar surface area (TPSA) is 46.2 Å². The lowest BCUT2D eigenvalue weighted by molar-refractivity contribution is 0.121. The minimum atomic E-state index is -0.329. The third-order valence-electron chi connectivity index (χ3n) is 1.63. The maximum atomic E-state index is 9.17. The van der Waals surface area contributed by atoms with E-state index in [9.17, 15) is 5.11 Å². The van der Waals surface area contributed by atoms with E-state index >= 15 is 0 Å². The van der Waals surface area contributed by atoms with Crippen molar-refractivity contribution in [1.29, 1.82) is 0 Å². The normalized spacial score (nSPS) is 18.0. The van der Waals surface area contributed by atoms with Crippen LogP contribution in [0.5, 0.6) is 0 Å². The Labute approximate surface area is 57.1 Å². The van der Waals surface area contributed by atoms with Crippen LogP contribution in [0, 0.1) is 5.92 Å². The van der Waals surface area contributed by atoms with Crippen LogP contribution in [0.25, 0.3) is 0 Å². The van der Waals surface area contributed by atoms with Gasteiger partial charge in [0.05, 0.1) is 6.10 Å². The van der Waals surface area contributed by atoms with Crippen molar-refractivity contribution >= 4 is 0 Å². The molecule has 0 saturated heterocycles. The highest BCUT2D eigenvalue weighted by Gasteiger charge is 2.15. The maximum absolute atomic E-state index is 9.17. The first-order valence-corrected chi connectivity index (χ1v) is 3.53. The largest absolute Gasteiger partial charge is 0.392 e. The molecule has 0 rings (SSSR count). The molecule has 2 heteroatoms. The standard InChI is InChI=1S/C7H17NO/c1-4-6(9)7(8)5(2)3/h5-7,9H,4,8H2,1-3H3. The average molecular weight is 131 g/mol. The molecule has 0 bridgehead atoms. The number of hydrogen-bond acceptors (Lipinski definition) is 2. The Morgan fingerprint density at radius 2 is 1.89 bits per heavy atom. The van der Waals surface area contributed by atoms with Gasteiger partial charge in [-0.1, -0.05) is 20.8 Å². The summed E-state index contributed by atoms with van der Waals surface area (Å²) in [5.74, 6) is 0.375. The van der Waals surface area contributed by atoms with Crippen molar-refractivity contribution in [2.24, 2.45) is 11.7 Å². The molecule has 0 aromatic carbocycles. The van der Waals surface area contributed by atoms with E-state index in [-0.39, 0.29) is 12.1 Å². The lowest BCUT2D eigenvalue weighted by Crippen LogP contribution is -2.38. The van der Waals surface area contributed by atoms with Crippen LogP contribution in [0.1, 0.15) is 27.2 Å². The molecule has 0 saturated carbocycles. The van der Waals surface area contributed by atoms with Gasteiger partial charge in [0.2, 0.25) is 0 Å². The van der Waals surface area contributed by atoms with Crippen LogP contribution in [0.15, 0.2) is 0 Å². The van der Waals surface area contributed by atoms with Crippen LogP contribution in [-0.4, -0.2) is 17.3 Å². The van der Waals surface area contributed by atoms with Gasteiger partial charge in [0.15, 0.2) is 0 Å². The maximum Gasteiger partial charge on any atom is 0.0690 e. The number of rotatable bonds is 3. The molecule has 2 nitrogen and oxygen atoms in total. The quantitative estimate of drug-likeness (QED) is 0.593. The van der Waals surface area contributed by atoms with Crippen molar-refractivity contribution in [2.45, 2.75) is 39.3 Å². The minimum absolute atomic E-state index is 0.0602. The highest BCUT2D eigenvalue weighted by atomic mass is 16.3. The molecule has 0 aliphatic heterocycles. The second-order valence-corrected chi connectivity index (χ2v) is 2.80. The summed E-state index contributed by atoms with van der Waals surface area (Å²) >= 11 is 0. The summed E-state index contributed by atoms with van der Waals surface area (Å²) in [4.78, 5) is 0. The number of hydrogen-bond donors (Lipinski definition) is 2. The second kappa shape index (κ2) is 3.85. The van der Waals surface area contributed by atoms with Crippen molar-refractivity contribution in [3.8, 4) is 0 Å². The number of nitrogens with two attached hydrogens (primary N) is 1. The summed E-state index contributed by atoms with van der Waals surface area (Å²) in [6.07, 6.45) is 0.421. The van der Waals surface area contributed by atoms with E-state index in [1.807, 2.05) is 20.8 Å². The van der Waals surface area contributed by atoms with E-state index in [1.165, 1.54) is 0 Å². The fraction of sp³-hybridized carbons (Fsp3) is 1.00. The summed E-state index contributed by atoms with van der Waals surface area (Å²) < 4.78 is 0. The lowest BCUT2D eigenvalue weighted by atomic mass is 9.98. The van der Waals surface area contributed by atoms with Crippen molar-refractivity contribution in [1.82, 2.24) is 0 Å². The van der Waals surface area contributed by atoms with E-state index in [2.05, 4.69) is 0 Å². The molecule has 0 radical (unpaired) electrons. The van der Waals surface area contributed by atoms with E-state index in [1.54, 1.807) is 0 Å². The van der Waals surface area contributed by atoms with Gasteiger partial charge in [-0.25, -0.2) is 0 Å². The van der Waals surface area contributed by atoms with Crippen LogP contribution in [0.2, 0.25) is 0 Å². The summed E-state index contributed by atoms with van der Waals surface area (Å²) in [5, 5.41) is 9.17. The Morgan fingerprint density at radius 3 is 2.00 bits per heavy atom. The van der Waals surface area contributed by atoms with Crippen LogP contribution < -0.4 is 5.73 Å². The Bertz CT molecular complexity index is 73.3. The molecule has 0 amide bonds. The van der Waals surface area contributed by atoms with Crippen LogP contribution >= 0.6 is 0 Å². The molecule has 3 N–H and O–H groups in total. The van der Waals surface area contributed by atoms with Crippen LogP contribution in [0.4, 0.5) is 0 Å². The minimum Gasteiger partial charge on any atom is -0.392 e. The summed E-state index contributed by atoms with van der Waals surface area (Å²) in [6.45, 7) is 5.97. The Hall–Kier alpha value is -0.0800. The Morgan fingerprint density at radius 1 is 1.44 bits per heavy atom. The fourth-order valence-electron chi connectivity index (χ4n) is 0.716. The zero-order valence-corrected chi connectivity index (χ0v) is 6.46. The third kappa shape index (κ3) is 2.82. The lowest BCUT2D eigenvalue weighted by Gasteiger charge is -2.20. The van der Waals surface area contributed by atoms with Gasteiger partial charge in [-0.3, -0.25) is 0 Å². The molecule has 9 heavy (non-hydrogen) atoms. The fourth-order valence-corrected chi connectivity index (χ4v) is 0.716. The summed E-state index contributed by atoms with van der Waals surface area (Å²) in [5.41, 5.74) is 5.62. The Kier molecular flexibility index (Phi) is 3.82. The number of aliphatic hydroxyl groups is 1. The summed E-state index contributed by atoms with van der Waals surface area (Å²) in [6, 6.07) is -0.0602. The van der Waals surface area contributed by atoms with Crippen molar-refractivity contribution in [3.63, 3.8) is 0 Å². The molecule has 0 spiro atoms. The molecule has 0 heterocycles. The van der Waals surface area contributed by atoms with Gasteiger partial charge in [-0.15, -0.1) is 0 Å². The zero-order chi connectivity index (χ0) is 7.44. The van der Waals surface area contributed by atoms with Crippen molar-refractivity contribution in [3.05, 3.63) is 0 Å². The third-order valence-corrected chi connectivity index (χ3v) is 1.63.